The van der Waals surface area contributed by atoms with Crippen molar-refractivity contribution >= 4 is 34.3 Å². The number of aliphatic carboxylic acids is 1. The van der Waals surface area contributed by atoms with Gasteiger partial charge in [-0.15, -0.1) is 5.06 Å². The number of halogens is 2. The Balaban J connectivity index is 2.03. The van der Waals surface area contributed by atoms with E-state index in [0.717, 1.165) is 11.1 Å². The van der Waals surface area contributed by atoms with E-state index in [9.17, 15) is 23.5 Å². The summed E-state index contributed by atoms with van der Waals surface area (Å²) in [6.07, 6.45) is 0.700. The van der Waals surface area contributed by atoms with E-state index in [1.807, 2.05) is 0 Å². The van der Waals surface area contributed by atoms with Crippen LogP contribution in [0.5, 0.6) is 5.75 Å². The molecule has 2 N–H and O–H groups in total. The van der Waals surface area contributed by atoms with Gasteiger partial charge in [-0.05, 0) is 77.3 Å². The minimum Gasteiger partial charge on any atom is -0.494 e. The lowest BCUT2D eigenvalue weighted by Crippen LogP contribution is -2.42. The van der Waals surface area contributed by atoms with Crippen LogP contribution in [0.15, 0.2) is 42.6 Å². The third-order valence-electron chi connectivity index (χ3n) is 5.00. The van der Waals surface area contributed by atoms with Gasteiger partial charge in [-0.2, -0.15) is 0 Å². The number of pyridine rings is 1. The third-order valence-corrected chi connectivity index (χ3v) is 5.00. The van der Waals surface area contributed by atoms with Gasteiger partial charge in [0.15, 0.2) is 23.4 Å². The van der Waals surface area contributed by atoms with Crippen LogP contribution in [0, 0.1) is 11.6 Å². The van der Waals surface area contributed by atoms with Crippen molar-refractivity contribution in [3.63, 3.8) is 0 Å². The number of hydroxylamine groups is 1. The molecule has 0 aliphatic heterocycles. The molecule has 1 unspecified atom stereocenters. The first kappa shape index (κ1) is 28.6. The van der Waals surface area contributed by atoms with Gasteiger partial charge in [0.05, 0.1) is 12.7 Å². The monoisotopic (exact) mass is 531 g/mol. The standard InChI is InChI=1S/C27H31F2N3O6/c1-26(2,3)37-25(35)32(38-27(4,5)6)23-17-9-8-16(12-15(17)10-11-30-23)31-22(24(33)34)18-13-21(36-7)20(29)14-19(18)28/h8-14,22,31H,1-7H3,(H,33,34). The van der Waals surface area contributed by atoms with Crippen LogP contribution in [0.1, 0.15) is 53.1 Å². The lowest BCUT2D eigenvalue weighted by molar-refractivity contribution is -0.138. The number of carbonyl (C=O) groups excluding carboxylic acids is 1. The molecule has 1 atom stereocenters. The first-order chi connectivity index (χ1) is 17.6. The van der Waals surface area contributed by atoms with Gasteiger partial charge in [0, 0.05) is 28.9 Å². The summed E-state index contributed by atoms with van der Waals surface area (Å²) in [7, 11) is 1.20. The number of aromatic nitrogens is 1. The normalized spacial score (nSPS) is 12.7. The van der Waals surface area contributed by atoms with E-state index in [1.165, 1.54) is 13.3 Å². The number of carboxylic acids is 1. The van der Waals surface area contributed by atoms with Crippen molar-refractivity contribution in [2.75, 3.05) is 17.5 Å². The number of hydrogen-bond acceptors (Lipinski definition) is 7. The Morgan fingerprint density at radius 1 is 1.00 bits per heavy atom. The predicted molar refractivity (Wildman–Crippen MR) is 138 cm³/mol. The average Bonchev–Trinajstić information content (AvgIpc) is 2.79. The summed E-state index contributed by atoms with van der Waals surface area (Å²) in [6, 6.07) is 6.46. The van der Waals surface area contributed by atoms with E-state index < -0.39 is 40.9 Å². The molecule has 0 bridgehead atoms. The molecule has 204 valence electrons. The zero-order valence-electron chi connectivity index (χ0n) is 22.3. The van der Waals surface area contributed by atoms with Crippen molar-refractivity contribution in [2.45, 2.75) is 58.8 Å². The van der Waals surface area contributed by atoms with Crippen LogP contribution < -0.4 is 15.1 Å². The van der Waals surface area contributed by atoms with Crippen LogP contribution in [-0.2, 0) is 14.4 Å². The van der Waals surface area contributed by atoms with Crippen molar-refractivity contribution in [1.29, 1.82) is 0 Å². The van der Waals surface area contributed by atoms with Gasteiger partial charge < -0.3 is 19.9 Å². The molecule has 0 saturated heterocycles. The zero-order chi connectivity index (χ0) is 28.4. The van der Waals surface area contributed by atoms with Crippen molar-refractivity contribution in [3.05, 3.63) is 59.8 Å². The van der Waals surface area contributed by atoms with Crippen molar-refractivity contribution in [1.82, 2.24) is 4.98 Å². The third kappa shape index (κ3) is 6.86. The van der Waals surface area contributed by atoms with Gasteiger partial charge in [0.1, 0.15) is 11.4 Å². The molecule has 0 saturated carbocycles. The van der Waals surface area contributed by atoms with Crippen LogP contribution in [-0.4, -0.2) is 40.5 Å². The molecule has 9 nitrogen and oxygen atoms in total. The summed E-state index contributed by atoms with van der Waals surface area (Å²) >= 11 is 0. The lowest BCUT2D eigenvalue weighted by atomic mass is 10.0. The molecule has 3 rings (SSSR count). The van der Waals surface area contributed by atoms with Crippen molar-refractivity contribution in [3.8, 4) is 5.75 Å². The zero-order valence-corrected chi connectivity index (χ0v) is 22.3. The van der Waals surface area contributed by atoms with Gasteiger partial charge in [-0.3, -0.25) is 4.84 Å². The molecule has 1 amide bonds. The molecule has 1 heterocycles. The summed E-state index contributed by atoms with van der Waals surface area (Å²) in [5.41, 5.74) is -1.54. The van der Waals surface area contributed by atoms with Gasteiger partial charge >= 0.3 is 12.1 Å². The second kappa shape index (κ2) is 10.8. The van der Waals surface area contributed by atoms with Crippen LogP contribution in [0.2, 0.25) is 0 Å². The highest BCUT2D eigenvalue weighted by Gasteiger charge is 2.31. The Bertz CT molecular complexity index is 1350. The Morgan fingerprint density at radius 3 is 2.26 bits per heavy atom. The van der Waals surface area contributed by atoms with E-state index in [4.69, 9.17) is 14.3 Å². The number of rotatable bonds is 7. The summed E-state index contributed by atoms with van der Waals surface area (Å²) in [6.45, 7) is 10.5. The summed E-state index contributed by atoms with van der Waals surface area (Å²) in [4.78, 5) is 35.3. The molecule has 2 aromatic carbocycles. The van der Waals surface area contributed by atoms with E-state index in [1.54, 1.807) is 65.8 Å². The number of ether oxygens (including phenoxy) is 2. The van der Waals surface area contributed by atoms with E-state index >= 15 is 0 Å². The molecule has 11 heteroatoms. The van der Waals surface area contributed by atoms with Gasteiger partial charge in [-0.25, -0.2) is 23.4 Å². The van der Waals surface area contributed by atoms with Crippen LogP contribution in [0.4, 0.5) is 25.1 Å². The average molecular weight is 532 g/mol. The largest absolute Gasteiger partial charge is 0.494 e. The number of anilines is 2. The Hall–Kier alpha value is -3.99. The predicted octanol–water partition coefficient (Wildman–Crippen LogP) is 6.23. The number of hydrogen-bond donors (Lipinski definition) is 2. The number of methoxy groups -OCH3 is 1. The maximum atomic E-state index is 14.5. The molecular weight excluding hydrogens is 500 g/mol. The second-order valence-corrected chi connectivity index (χ2v) is 10.5. The Labute approximate surface area is 219 Å². The number of fused-ring (bicyclic) bond motifs is 1. The van der Waals surface area contributed by atoms with Crippen molar-refractivity contribution in [2.24, 2.45) is 0 Å². The number of carboxylic acid groups (broad SMARTS) is 1. The summed E-state index contributed by atoms with van der Waals surface area (Å²) in [5.74, 6) is -3.49. The van der Waals surface area contributed by atoms with E-state index in [0.29, 0.717) is 22.5 Å². The molecule has 0 radical (unpaired) electrons. The van der Waals surface area contributed by atoms with Crippen molar-refractivity contribution < 1.29 is 37.8 Å². The SMILES string of the molecule is COc1cc(C(Nc2ccc3c(N(OC(C)(C)C)C(=O)OC(C)(C)C)nccc3c2)C(=O)O)c(F)cc1F. The molecule has 0 spiro atoms. The van der Waals surface area contributed by atoms with E-state index in [2.05, 4.69) is 10.3 Å². The Kier molecular flexibility index (Phi) is 8.11. The first-order valence-electron chi connectivity index (χ1n) is 11.7. The number of nitrogens with one attached hydrogen (secondary N) is 1. The fourth-order valence-electron chi connectivity index (χ4n) is 3.52. The smallest absolute Gasteiger partial charge is 0.440 e. The number of benzene rings is 2. The molecule has 38 heavy (non-hydrogen) atoms. The quantitative estimate of drug-likeness (QED) is 0.345. The highest BCUT2D eigenvalue weighted by molar-refractivity contribution is 6.00. The van der Waals surface area contributed by atoms with Crippen LogP contribution in [0.25, 0.3) is 10.8 Å². The minimum atomic E-state index is -1.55. The van der Waals surface area contributed by atoms with Crippen LogP contribution >= 0.6 is 0 Å². The molecule has 0 aliphatic rings. The molecule has 1 aromatic heterocycles. The highest BCUT2D eigenvalue weighted by Crippen LogP contribution is 2.33. The fourth-order valence-corrected chi connectivity index (χ4v) is 3.52. The maximum absolute atomic E-state index is 14.5. The topological polar surface area (TPSA) is 110 Å². The number of nitrogens with zero attached hydrogens (tertiary/aromatic N) is 2. The maximum Gasteiger partial charge on any atom is 0.440 e. The van der Waals surface area contributed by atoms with Crippen LogP contribution in [0.3, 0.4) is 0 Å². The number of amides is 1. The molecular formula is C27H31F2N3O6. The van der Waals surface area contributed by atoms with Gasteiger partial charge in [0.25, 0.3) is 0 Å². The lowest BCUT2D eigenvalue weighted by Gasteiger charge is -2.31. The number of carbonyl (C=O) groups is 2. The van der Waals surface area contributed by atoms with E-state index in [-0.39, 0.29) is 17.1 Å². The molecule has 0 fully saturated rings. The van der Waals surface area contributed by atoms with Gasteiger partial charge in [0.2, 0.25) is 0 Å². The molecule has 0 aliphatic carbocycles. The first-order valence-corrected chi connectivity index (χ1v) is 11.7. The molecule has 3 aromatic rings. The fraction of sp³-hybridized carbons (Fsp3) is 0.370. The Morgan fingerprint density at radius 2 is 1.68 bits per heavy atom. The summed E-state index contributed by atoms with van der Waals surface area (Å²) in [5, 5.41) is 14.6. The highest BCUT2D eigenvalue weighted by atomic mass is 19.1. The van der Waals surface area contributed by atoms with Gasteiger partial charge in [-0.1, -0.05) is 0 Å². The second-order valence-electron chi connectivity index (χ2n) is 10.5. The summed E-state index contributed by atoms with van der Waals surface area (Å²) < 4.78 is 38.8. The minimum absolute atomic E-state index is 0.169.